The van der Waals surface area contributed by atoms with Gasteiger partial charge in [0.25, 0.3) is 5.91 Å². The molecule has 0 aliphatic carbocycles. The summed E-state index contributed by atoms with van der Waals surface area (Å²) in [7, 11) is 0. The smallest absolute Gasteiger partial charge is 0.258 e. The van der Waals surface area contributed by atoms with Crippen LogP contribution in [0.3, 0.4) is 0 Å². The van der Waals surface area contributed by atoms with Crippen molar-refractivity contribution in [1.82, 2.24) is 5.32 Å². The Bertz CT molecular complexity index is 354. The second kappa shape index (κ2) is 5.71. The molecule has 0 aromatic heterocycles. The number of ether oxygens (including phenoxy) is 1. The summed E-state index contributed by atoms with van der Waals surface area (Å²) in [5.41, 5.74) is 0. The predicted octanol–water partition coefficient (Wildman–Crippen LogP) is 1.20. The number of carbonyl (C=O) groups excluding carboxylic acids is 1. The fourth-order valence-electron chi connectivity index (χ4n) is 0.990. The fraction of sp³-hybridized carbons (Fsp3) is 0.250. The molecule has 1 amide bonds. The molecular weight excluding hydrogens is 190 g/mol. The number of nitrogens with one attached hydrogen (secondary N) is 1. The molecule has 0 saturated heterocycles. The van der Waals surface area contributed by atoms with Crippen molar-refractivity contribution in [3.05, 3.63) is 30.3 Å². The molecule has 1 atom stereocenters. The molecule has 1 rings (SSSR count). The highest BCUT2D eigenvalue weighted by Gasteiger charge is 2.04. The van der Waals surface area contributed by atoms with E-state index in [1.165, 1.54) is 0 Å². The highest BCUT2D eigenvalue weighted by Crippen LogP contribution is 2.07. The average molecular weight is 203 g/mol. The summed E-state index contributed by atoms with van der Waals surface area (Å²) in [4.78, 5) is 11.3. The average Bonchev–Trinajstić information content (AvgIpc) is 2.27. The van der Waals surface area contributed by atoms with Crippen LogP contribution in [-0.2, 0) is 4.79 Å². The van der Waals surface area contributed by atoms with Gasteiger partial charge in [0.15, 0.2) is 6.61 Å². The van der Waals surface area contributed by atoms with E-state index >= 15 is 0 Å². The van der Waals surface area contributed by atoms with Crippen molar-refractivity contribution in [3.63, 3.8) is 0 Å². The molecule has 1 unspecified atom stereocenters. The summed E-state index contributed by atoms with van der Waals surface area (Å²) in [5, 5.41) is 2.60. The minimum Gasteiger partial charge on any atom is -0.484 e. The van der Waals surface area contributed by atoms with Crippen LogP contribution >= 0.6 is 0 Å². The topological polar surface area (TPSA) is 38.3 Å². The first-order valence-corrected chi connectivity index (χ1v) is 4.65. The molecule has 0 aliphatic heterocycles. The van der Waals surface area contributed by atoms with Gasteiger partial charge >= 0.3 is 0 Å². The van der Waals surface area contributed by atoms with Gasteiger partial charge in [0.2, 0.25) is 0 Å². The molecule has 78 valence electrons. The minimum atomic E-state index is -0.267. The van der Waals surface area contributed by atoms with E-state index < -0.39 is 0 Å². The molecule has 0 spiro atoms. The first-order chi connectivity index (χ1) is 7.22. The second-order valence-electron chi connectivity index (χ2n) is 3.06. The Morgan fingerprint density at radius 2 is 2.20 bits per heavy atom. The minimum absolute atomic E-state index is 0.0178. The molecule has 1 N–H and O–H groups in total. The number of terminal acetylenes is 1. The monoisotopic (exact) mass is 203 g/mol. The van der Waals surface area contributed by atoms with Crippen LogP contribution in [-0.4, -0.2) is 18.6 Å². The molecule has 0 fully saturated rings. The Labute approximate surface area is 89.4 Å². The van der Waals surface area contributed by atoms with Crippen molar-refractivity contribution in [3.8, 4) is 18.1 Å². The summed E-state index contributed by atoms with van der Waals surface area (Å²) in [6, 6.07) is 8.88. The van der Waals surface area contributed by atoms with E-state index in [-0.39, 0.29) is 18.6 Å². The summed E-state index contributed by atoms with van der Waals surface area (Å²) in [6.07, 6.45) is 5.12. The van der Waals surface area contributed by atoms with E-state index in [2.05, 4.69) is 11.2 Å². The SMILES string of the molecule is C#CC(C)NC(=O)COc1ccccc1. The van der Waals surface area contributed by atoms with Gasteiger partial charge in [0.1, 0.15) is 5.75 Å². The van der Waals surface area contributed by atoms with Gasteiger partial charge < -0.3 is 10.1 Å². The van der Waals surface area contributed by atoms with Crippen LogP contribution in [0.5, 0.6) is 5.75 Å². The van der Waals surface area contributed by atoms with Crippen LogP contribution in [0.2, 0.25) is 0 Å². The summed E-state index contributed by atoms with van der Waals surface area (Å²) >= 11 is 0. The van der Waals surface area contributed by atoms with Gasteiger partial charge in [-0.1, -0.05) is 24.1 Å². The molecule has 3 heteroatoms. The van der Waals surface area contributed by atoms with E-state index in [1.807, 2.05) is 18.2 Å². The number of rotatable bonds is 4. The lowest BCUT2D eigenvalue weighted by atomic mass is 10.3. The van der Waals surface area contributed by atoms with Crippen molar-refractivity contribution >= 4 is 5.91 Å². The lowest BCUT2D eigenvalue weighted by Crippen LogP contribution is -2.35. The van der Waals surface area contributed by atoms with Crippen LogP contribution in [0.1, 0.15) is 6.92 Å². The number of amides is 1. The molecule has 15 heavy (non-hydrogen) atoms. The quantitative estimate of drug-likeness (QED) is 0.747. The first kappa shape index (κ1) is 11.1. The molecule has 0 aliphatic rings. The normalized spacial score (nSPS) is 11.2. The third-order valence-corrected chi connectivity index (χ3v) is 1.74. The Hall–Kier alpha value is -1.95. The molecule has 0 radical (unpaired) electrons. The molecule has 3 nitrogen and oxygen atoms in total. The second-order valence-corrected chi connectivity index (χ2v) is 3.06. The number of hydrogen-bond acceptors (Lipinski definition) is 2. The van der Waals surface area contributed by atoms with Crippen LogP contribution < -0.4 is 10.1 Å². The highest BCUT2D eigenvalue weighted by molar-refractivity contribution is 5.78. The highest BCUT2D eigenvalue weighted by atomic mass is 16.5. The van der Waals surface area contributed by atoms with Crippen LogP contribution in [0.15, 0.2) is 30.3 Å². The lowest BCUT2D eigenvalue weighted by Gasteiger charge is -2.08. The zero-order valence-corrected chi connectivity index (χ0v) is 8.57. The number of para-hydroxylation sites is 1. The van der Waals surface area contributed by atoms with Gasteiger partial charge in [0, 0.05) is 0 Å². The van der Waals surface area contributed by atoms with Gasteiger partial charge in [-0.2, -0.15) is 0 Å². The van der Waals surface area contributed by atoms with Gasteiger partial charge in [-0.05, 0) is 19.1 Å². The number of benzene rings is 1. The van der Waals surface area contributed by atoms with Crippen molar-refractivity contribution in [2.45, 2.75) is 13.0 Å². The maximum Gasteiger partial charge on any atom is 0.258 e. The van der Waals surface area contributed by atoms with Gasteiger partial charge in [-0.3, -0.25) is 4.79 Å². The molecule has 0 heterocycles. The van der Waals surface area contributed by atoms with Crippen LogP contribution in [0.25, 0.3) is 0 Å². The standard InChI is InChI=1S/C12H13NO2/c1-3-10(2)13-12(14)9-15-11-7-5-4-6-8-11/h1,4-8,10H,9H2,2H3,(H,13,14). The van der Waals surface area contributed by atoms with E-state index in [0.717, 1.165) is 0 Å². The maximum absolute atomic E-state index is 11.3. The number of carbonyl (C=O) groups is 1. The van der Waals surface area contributed by atoms with Crippen molar-refractivity contribution in [2.75, 3.05) is 6.61 Å². The molecule has 1 aromatic rings. The first-order valence-electron chi connectivity index (χ1n) is 4.65. The third kappa shape index (κ3) is 4.19. The molecule has 0 saturated carbocycles. The summed E-state index contributed by atoms with van der Waals surface area (Å²) in [5.74, 6) is 2.86. The Balaban J connectivity index is 2.32. The maximum atomic E-state index is 11.3. The van der Waals surface area contributed by atoms with Gasteiger partial charge in [-0.15, -0.1) is 6.42 Å². The molecular formula is C12H13NO2. The third-order valence-electron chi connectivity index (χ3n) is 1.74. The van der Waals surface area contributed by atoms with E-state index in [1.54, 1.807) is 19.1 Å². The van der Waals surface area contributed by atoms with Gasteiger partial charge in [0.05, 0.1) is 6.04 Å². The molecule has 1 aromatic carbocycles. The van der Waals surface area contributed by atoms with E-state index in [0.29, 0.717) is 5.75 Å². The van der Waals surface area contributed by atoms with E-state index in [4.69, 9.17) is 11.2 Å². The van der Waals surface area contributed by atoms with Crippen molar-refractivity contribution in [1.29, 1.82) is 0 Å². The van der Waals surface area contributed by atoms with Gasteiger partial charge in [-0.25, -0.2) is 0 Å². The number of hydrogen-bond donors (Lipinski definition) is 1. The van der Waals surface area contributed by atoms with Crippen LogP contribution in [0, 0.1) is 12.3 Å². The predicted molar refractivity (Wildman–Crippen MR) is 58.4 cm³/mol. The van der Waals surface area contributed by atoms with Crippen molar-refractivity contribution in [2.24, 2.45) is 0 Å². The van der Waals surface area contributed by atoms with Crippen molar-refractivity contribution < 1.29 is 9.53 Å². The summed E-state index contributed by atoms with van der Waals surface area (Å²) < 4.78 is 5.23. The lowest BCUT2D eigenvalue weighted by molar-refractivity contribution is -0.123. The fourth-order valence-corrected chi connectivity index (χ4v) is 0.990. The Kier molecular flexibility index (Phi) is 4.24. The zero-order valence-electron chi connectivity index (χ0n) is 8.57. The zero-order chi connectivity index (χ0) is 11.1. The summed E-state index contributed by atoms with van der Waals surface area (Å²) in [6.45, 7) is 1.72. The molecule has 0 bridgehead atoms. The Morgan fingerprint density at radius 1 is 1.53 bits per heavy atom. The van der Waals surface area contributed by atoms with E-state index in [9.17, 15) is 4.79 Å². The Morgan fingerprint density at radius 3 is 2.80 bits per heavy atom. The van der Waals surface area contributed by atoms with Crippen LogP contribution in [0.4, 0.5) is 0 Å². The largest absolute Gasteiger partial charge is 0.484 e.